The van der Waals surface area contributed by atoms with Crippen LogP contribution >= 0.6 is 7.82 Å². The third-order valence-corrected chi connectivity index (χ3v) is 0. The second kappa shape index (κ2) is 16.3. The molecule has 70 valence electrons. The van der Waals surface area contributed by atoms with E-state index in [1.807, 2.05) is 0 Å². The lowest BCUT2D eigenvalue weighted by Gasteiger charge is -1.82. The summed E-state index contributed by atoms with van der Waals surface area (Å²) in [5.41, 5.74) is 0. The fraction of sp³-hybridized carbons (Fsp3) is 0.667. The molecule has 0 saturated heterocycles. The Kier molecular flexibility index (Phi) is 33.1. The van der Waals surface area contributed by atoms with Gasteiger partial charge in [-0.05, 0) is 0 Å². The van der Waals surface area contributed by atoms with E-state index in [9.17, 15) is 0 Å². The Morgan fingerprint density at radius 3 is 1.27 bits per heavy atom. The van der Waals surface area contributed by atoms with Crippen molar-refractivity contribution in [2.24, 2.45) is 0 Å². The molecule has 0 saturated carbocycles. The zero-order valence-corrected chi connectivity index (χ0v) is 7.19. The lowest BCUT2D eigenvalue weighted by Crippen LogP contribution is -1.66. The first-order chi connectivity index (χ1) is 4.41. The van der Waals surface area contributed by atoms with Crippen LogP contribution in [0.1, 0.15) is 6.92 Å². The van der Waals surface area contributed by atoms with Crippen LogP contribution in [-0.4, -0.2) is 26.9 Å². The minimum atomic E-state index is -4.64. The highest BCUT2D eigenvalue weighted by atomic mass is 31.2. The van der Waals surface area contributed by atoms with Crippen molar-refractivity contribution in [1.82, 2.24) is 6.15 Å². The molecule has 8 heteroatoms. The maximum Gasteiger partial charge on any atom is 0.466 e. The number of hydrogen-bond donors (Lipinski definition) is 5. The summed E-state index contributed by atoms with van der Waals surface area (Å²) in [5, 5.41) is 14.3. The molecule has 0 bridgehead atoms. The Labute approximate surface area is 64.7 Å². The van der Waals surface area contributed by atoms with E-state index in [4.69, 9.17) is 29.6 Å². The number of hydrogen-bond acceptors (Lipinski definition) is 4. The van der Waals surface area contributed by atoms with Crippen LogP contribution < -0.4 is 6.15 Å². The van der Waals surface area contributed by atoms with Crippen LogP contribution in [0.3, 0.4) is 0 Å². The van der Waals surface area contributed by atoms with E-state index in [2.05, 4.69) is 0 Å². The quantitative estimate of drug-likeness (QED) is 0.316. The van der Waals surface area contributed by atoms with Gasteiger partial charge in [0.2, 0.25) is 0 Å². The fourth-order valence-corrected chi connectivity index (χ4v) is 0. The summed E-state index contributed by atoms with van der Waals surface area (Å²) in [6, 6.07) is 1.75. The molecule has 0 atom stereocenters. The van der Waals surface area contributed by atoms with Gasteiger partial charge < -0.3 is 25.9 Å². The highest BCUT2D eigenvalue weighted by molar-refractivity contribution is 7.45. The van der Waals surface area contributed by atoms with Gasteiger partial charge in [0.25, 0.3) is 0 Å². The topological polar surface area (TPSA) is 157 Å². The molecule has 0 unspecified atom stereocenters. The Morgan fingerprint density at radius 2 is 1.27 bits per heavy atom. The van der Waals surface area contributed by atoms with Gasteiger partial charge in [-0.15, -0.1) is 0 Å². The first-order valence-corrected chi connectivity index (χ1v) is 3.52. The van der Waals surface area contributed by atoms with Crippen molar-refractivity contribution in [3.05, 3.63) is 0 Å². The van der Waals surface area contributed by atoms with Crippen molar-refractivity contribution in [2.75, 3.05) is 7.11 Å². The van der Waals surface area contributed by atoms with Crippen molar-refractivity contribution in [1.29, 1.82) is 5.26 Å². The lowest BCUT2D eigenvalue weighted by molar-refractivity contribution is 0.275. The average molecular weight is 188 g/mol. The summed E-state index contributed by atoms with van der Waals surface area (Å²) in [7, 11) is -3.64. The van der Waals surface area contributed by atoms with Crippen LogP contribution in [0.4, 0.5) is 0 Å². The third-order valence-electron chi connectivity index (χ3n) is 0. The van der Waals surface area contributed by atoms with Gasteiger partial charge in [0.05, 0.1) is 6.07 Å². The number of rotatable bonds is 0. The number of phosphoric acid groups is 1. The minimum Gasteiger partial charge on any atom is -0.400 e. The van der Waals surface area contributed by atoms with Crippen molar-refractivity contribution in [2.45, 2.75) is 6.92 Å². The molecule has 7 N–H and O–H groups in total. The van der Waals surface area contributed by atoms with Crippen LogP contribution in [0, 0.1) is 11.3 Å². The number of aliphatic hydroxyl groups is 1. The van der Waals surface area contributed by atoms with Gasteiger partial charge in [-0.2, -0.15) is 5.26 Å². The molecule has 0 aliphatic carbocycles. The second-order valence-corrected chi connectivity index (χ2v) is 1.76. The van der Waals surface area contributed by atoms with Gasteiger partial charge in [0.1, 0.15) is 0 Å². The van der Waals surface area contributed by atoms with Gasteiger partial charge in [0, 0.05) is 14.0 Å². The van der Waals surface area contributed by atoms with E-state index in [1.165, 1.54) is 6.92 Å². The van der Waals surface area contributed by atoms with Crippen molar-refractivity contribution < 1.29 is 24.4 Å². The van der Waals surface area contributed by atoms with Gasteiger partial charge >= 0.3 is 7.82 Å². The standard InChI is InChI=1S/C2H3N.CH4O.H3N.H3O4P/c1-2-3;1-2;;1-5(2,3)4/h1H3;2H,1H3;1H3;(H3,1,2,3,4). The minimum absolute atomic E-state index is 0. The molecule has 11 heavy (non-hydrogen) atoms. The van der Waals surface area contributed by atoms with Crippen LogP contribution in [-0.2, 0) is 4.57 Å². The van der Waals surface area contributed by atoms with E-state index >= 15 is 0 Å². The molecule has 0 fully saturated rings. The summed E-state index contributed by atoms with van der Waals surface area (Å²) in [6.07, 6.45) is 0. The Bertz CT molecular complexity index is 118. The zero-order chi connectivity index (χ0) is 9.21. The predicted octanol–water partition coefficient (Wildman–Crippen LogP) is -0.628. The highest BCUT2D eigenvalue weighted by Gasteiger charge is 2.00. The second-order valence-electron chi connectivity index (χ2n) is 0.737. The Balaban J connectivity index is -0.0000000360. The summed E-state index contributed by atoms with van der Waals surface area (Å²) in [4.78, 5) is 21.6. The highest BCUT2D eigenvalue weighted by Crippen LogP contribution is 2.25. The summed E-state index contributed by atoms with van der Waals surface area (Å²) < 4.78 is 8.88. The summed E-state index contributed by atoms with van der Waals surface area (Å²) in [6.45, 7) is 1.43. The van der Waals surface area contributed by atoms with E-state index < -0.39 is 7.82 Å². The first-order valence-electron chi connectivity index (χ1n) is 1.95. The molecule has 0 amide bonds. The maximum atomic E-state index is 8.88. The molecule has 0 aromatic carbocycles. The Morgan fingerprint density at radius 1 is 1.27 bits per heavy atom. The molecule has 0 heterocycles. The molecule has 0 radical (unpaired) electrons. The monoisotopic (exact) mass is 188 g/mol. The molecule has 0 aromatic heterocycles. The number of nitriles is 1. The largest absolute Gasteiger partial charge is 0.466 e. The predicted molar refractivity (Wildman–Crippen MR) is 38.7 cm³/mol. The van der Waals surface area contributed by atoms with E-state index in [-0.39, 0.29) is 6.15 Å². The van der Waals surface area contributed by atoms with Crippen molar-refractivity contribution >= 4 is 7.82 Å². The summed E-state index contributed by atoms with van der Waals surface area (Å²) in [5.74, 6) is 0. The third kappa shape index (κ3) is 2340. The van der Waals surface area contributed by atoms with Crippen LogP contribution in [0.2, 0.25) is 0 Å². The van der Waals surface area contributed by atoms with E-state index in [1.54, 1.807) is 6.07 Å². The van der Waals surface area contributed by atoms with Gasteiger partial charge in [-0.3, -0.25) is 0 Å². The molecule has 0 aliphatic heterocycles. The number of aliphatic hydroxyl groups excluding tert-OH is 1. The molecule has 0 spiro atoms. The molecule has 0 aliphatic rings. The normalized spacial score (nSPS) is 6.64. The van der Waals surface area contributed by atoms with E-state index in [0.717, 1.165) is 7.11 Å². The van der Waals surface area contributed by atoms with Gasteiger partial charge in [-0.1, -0.05) is 0 Å². The smallest absolute Gasteiger partial charge is 0.400 e. The Hall–Kier alpha value is -0.480. The molecule has 7 nitrogen and oxygen atoms in total. The maximum absolute atomic E-state index is 8.88. The number of nitrogens with zero attached hydrogens (tertiary/aromatic N) is 1. The summed E-state index contributed by atoms with van der Waals surface area (Å²) >= 11 is 0. The van der Waals surface area contributed by atoms with Crippen molar-refractivity contribution in [3.63, 3.8) is 0 Å². The average Bonchev–Trinajstić information content (AvgIpc) is 1.68. The van der Waals surface area contributed by atoms with Crippen molar-refractivity contribution in [3.8, 4) is 6.07 Å². The molecular formula is C3H13N2O5P. The van der Waals surface area contributed by atoms with Crippen LogP contribution in [0.25, 0.3) is 0 Å². The van der Waals surface area contributed by atoms with E-state index in [0.29, 0.717) is 0 Å². The SMILES string of the molecule is CC#N.CO.N.O=P(O)(O)O. The fourth-order valence-electron chi connectivity index (χ4n) is 0. The molecular weight excluding hydrogens is 175 g/mol. The van der Waals surface area contributed by atoms with Gasteiger partial charge in [0.15, 0.2) is 0 Å². The van der Waals surface area contributed by atoms with Crippen LogP contribution in [0.15, 0.2) is 0 Å². The zero-order valence-electron chi connectivity index (χ0n) is 6.30. The molecule has 0 rings (SSSR count). The first kappa shape index (κ1) is 22.4. The van der Waals surface area contributed by atoms with Gasteiger partial charge in [-0.25, -0.2) is 4.57 Å². The lowest BCUT2D eigenvalue weighted by atomic mass is 11.0. The molecule has 0 aromatic rings. The van der Waals surface area contributed by atoms with Crippen LogP contribution in [0.5, 0.6) is 0 Å².